The average molecular weight is 283 g/mol. The Bertz CT molecular complexity index is 500. The van der Waals surface area contributed by atoms with Crippen molar-refractivity contribution in [1.29, 1.82) is 0 Å². The Kier molecular flexibility index (Phi) is 4.42. The number of carbonyl (C=O) groups is 1. The van der Waals surface area contributed by atoms with Gasteiger partial charge in [-0.05, 0) is 25.1 Å². The number of hydrogen-bond donors (Lipinski definition) is 1. The molecule has 5 nitrogen and oxygen atoms in total. The van der Waals surface area contributed by atoms with Crippen LogP contribution in [-0.2, 0) is 9.53 Å². The number of aromatic amines is 1. The minimum Gasteiger partial charge on any atom is -0.378 e. The van der Waals surface area contributed by atoms with Gasteiger partial charge >= 0.3 is 0 Å². The molecular formula is C13H21N3O2S. The minimum atomic E-state index is -0.269. The highest BCUT2D eigenvalue weighted by Crippen LogP contribution is 2.21. The molecule has 1 aromatic heterocycles. The van der Waals surface area contributed by atoms with Gasteiger partial charge < -0.3 is 19.2 Å². The van der Waals surface area contributed by atoms with E-state index in [0.29, 0.717) is 37.0 Å². The van der Waals surface area contributed by atoms with Crippen LogP contribution in [0.1, 0.15) is 38.4 Å². The number of amides is 1. The van der Waals surface area contributed by atoms with Crippen molar-refractivity contribution < 1.29 is 9.53 Å². The van der Waals surface area contributed by atoms with Gasteiger partial charge in [0.1, 0.15) is 6.04 Å². The summed E-state index contributed by atoms with van der Waals surface area (Å²) in [5, 5.41) is 0. The zero-order valence-electron chi connectivity index (χ0n) is 11.7. The van der Waals surface area contributed by atoms with Gasteiger partial charge in [0.2, 0.25) is 5.91 Å². The van der Waals surface area contributed by atoms with Crippen molar-refractivity contribution in [2.45, 2.75) is 32.7 Å². The van der Waals surface area contributed by atoms with Gasteiger partial charge in [-0.3, -0.25) is 4.79 Å². The Morgan fingerprint density at radius 3 is 2.58 bits per heavy atom. The maximum absolute atomic E-state index is 12.5. The molecule has 0 radical (unpaired) electrons. The SMILES string of the molecule is CC(C)c1c[nH]c(=S)n1C(C)C(=O)N1CCOCC1. The molecule has 2 rings (SSSR count). The van der Waals surface area contributed by atoms with Gasteiger partial charge in [0.15, 0.2) is 4.77 Å². The molecule has 6 heteroatoms. The van der Waals surface area contributed by atoms with E-state index in [-0.39, 0.29) is 11.9 Å². The normalized spacial score (nSPS) is 17.8. The Labute approximate surface area is 118 Å². The number of H-pyrrole nitrogens is 1. The number of rotatable bonds is 3. The molecule has 1 atom stereocenters. The molecule has 1 N–H and O–H groups in total. The lowest BCUT2D eigenvalue weighted by Crippen LogP contribution is -2.43. The molecule has 1 fully saturated rings. The van der Waals surface area contributed by atoms with Gasteiger partial charge in [0.25, 0.3) is 0 Å². The summed E-state index contributed by atoms with van der Waals surface area (Å²) in [4.78, 5) is 17.4. The summed E-state index contributed by atoms with van der Waals surface area (Å²) < 4.78 is 7.82. The molecule has 0 aliphatic carbocycles. The number of ether oxygens (including phenoxy) is 1. The van der Waals surface area contributed by atoms with Crippen LogP contribution in [0.15, 0.2) is 6.20 Å². The van der Waals surface area contributed by atoms with E-state index in [4.69, 9.17) is 17.0 Å². The van der Waals surface area contributed by atoms with E-state index in [0.717, 1.165) is 5.69 Å². The van der Waals surface area contributed by atoms with Crippen LogP contribution in [0, 0.1) is 4.77 Å². The third-order valence-electron chi connectivity index (χ3n) is 3.50. The van der Waals surface area contributed by atoms with Crippen LogP contribution in [0.5, 0.6) is 0 Å². The van der Waals surface area contributed by atoms with E-state index in [1.165, 1.54) is 0 Å². The number of nitrogens with one attached hydrogen (secondary N) is 1. The molecule has 1 amide bonds. The highest BCUT2D eigenvalue weighted by molar-refractivity contribution is 7.71. The van der Waals surface area contributed by atoms with Crippen molar-refractivity contribution in [1.82, 2.24) is 14.5 Å². The highest BCUT2D eigenvalue weighted by atomic mass is 32.1. The molecule has 1 aliphatic heterocycles. The van der Waals surface area contributed by atoms with Crippen LogP contribution in [-0.4, -0.2) is 46.7 Å². The molecule has 2 heterocycles. The largest absolute Gasteiger partial charge is 0.378 e. The van der Waals surface area contributed by atoms with Crippen LogP contribution in [0.4, 0.5) is 0 Å². The molecule has 1 unspecified atom stereocenters. The van der Waals surface area contributed by atoms with E-state index in [1.807, 2.05) is 22.6 Å². The molecule has 0 saturated carbocycles. The number of nitrogens with zero attached hydrogens (tertiary/aromatic N) is 2. The first-order chi connectivity index (χ1) is 9.02. The molecule has 0 aromatic carbocycles. The first-order valence-electron chi connectivity index (χ1n) is 6.68. The molecular weight excluding hydrogens is 262 g/mol. The third kappa shape index (κ3) is 2.90. The molecule has 1 saturated heterocycles. The number of aromatic nitrogens is 2. The predicted molar refractivity (Wildman–Crippen MR) is 75.8 cm³/mol. The summed E-state index contributed by atoms with van der Waals surface area (Å²) in [6, 6.07) is -0.269. The Morgan fingerprint density at radius 1 is 1.37 bits per heavy atom. The maximum Gasteiger partial charge on any atom is 0.245 e. The third-order valence-corrected chi connectivity index (χ3v) is 3.81. The van der Waals surface area contributed by atoms with Gasteiger partial charge in [0, 0.05) is 25.0 Å². The van der Waals surface area contributed by atoms with Crippen LogP contribution in [0.25, 0.3) is 0 Å². The maximum atomic E-state index is 12.5. The van der Waals surface area contributed by atoms with Crippen molar-refractivity contribution in [3.63, 3.8) is 0 Å². The standard InChI is InChI=1S/C13H21N3O2S/c1-9(2)11-8-14-13(19)16(11)10(3)12(17)15-4-6-18-7-5-15/h8-10H,4-7H2,1-3H3,(H,14,19). The molecule has 0 spiro atoms. The van der Waals surface area contributed by atoms with Crippen LogP contribution in [0.3, 0.4) is 0 Å². The Balaban J connectivity index is 2.23. The van der Waals surface area contributed by atoms with Crippen molar-refractivity contribution in [3.05, 3.63) is 16.7 Å². The summed E-state index contributed by atoms with van der Waals surface area (Å²) in [5.41, 5.74) is 1.07. The van der Waals surface area contributed by atoms with E-state index < -0.39 is 0 Å². The topological polar surface area (TPSA) is 50.3 Å². The number of imidazole rings is 1. The van der Waals surface area contributed by atoms with Crippen molar-refractivity contribution >= 4 is 18.1 Å². The fourth-order valence-electron chi connectivity index (χ4n) is 2.39. The van der Waals surface area contributed by atoms with E-state index in [1.54, 1.807) is 0 Å². The smallest absolute Gasteiger partial charge is 0.245 e. The summed E-state index contributed by atoms with van der Waals surface area (Å²) in [5.74, 6) is 0.439. The van der Waals surface area contributed by atoms with Crippen LogP contribution in [0.2, 0.25) is 0 Å². The van der Waals surface area contributed by atoms with Crippen molar-refractivity contribution in [3.8, 4) is 0 Å². The summed E-state index contributed by atoms with van der Waals surface area (Å²) in [7, 11) is 0. The zero-order valence-corrected chi connectivity index (χ0v) is 12.5. The lowest BCUT2D eigenvalue weighted by atomic mass is 10.1. The quantitative estimate of drug-likeness (QED) is 0.864. The second kappa shape index (κ2) is 5.88. The van der Waals surface area contributed by atoms with Gasteiger partial charge in [-0.15, -0.1) is 0 Å². The lowest BCUT2D eigenvalue weighted by Gasteiger charge is -2.30. The Hall–Kier alpha value is -1.14. The summed E-state index contributed by atoms with van der Waals surface area (Å²) in [6.07, 6.45) is 1.90. The van der Waals surface area contributed by atoms with Crippen molar-refractivity contribution in [2.75, 3.05) is 26.3 Å². The first kappa shape index (κ1) is 14.3. The molecule has 106 valence electrons. The second-order valence-electron chi connectivity index (χ2n) is 5.16. The second-order valence-corrected chi connectivity index (χ2v) is 5.54. The van der Waals surface area contributed by atoms with Crippen LogP contribution < -0.4 is 0 Å². The highest BCUT2D eigenvalue weighted by Gasteiger charge is 2.26. The number of morpholine rings is 1. The number of carbonyl (C=O) groups excluding carboxylic acids is 1. The lowest BCUT2D eigenvalue weighted by molar-refractivity contribution is -0.138. The van der Waals surface area contributed by atoms with Crippen LogP contribution >= 0.6 is 12.2 Å². The zero-order chi connectivity index (χ0) is 14.0. The summed E-state index contributed by atoms with van der Waals surface area (Å²) in [6.45, 7) is 8.67. The molecule has 1 aromatic rings. The van der Waals surface area contributed by atoms with Gasteiger partial charge in [0.05, 0.1) is 13.2 Å². The van der Waals surface area contributed by atoms with Gasteiger partial charge in [-0.25, -0.2) is 0 Å². The molecule has 1 aliphatic rings. The van der Waals surface area contributed by atoms with Gasteiger partial charge in [-0.1, -0.05) is 13.8 Å². The average Bonchev–Trinajstić information content (AvgIpc) is 2.80. The monoisotopic (exact) mass is 283 g/mol. The fraction of sp³-hybridized carbons (Fsp3) is 0.692. The van der Waals surface area contributed by atoms with Gasteiger partial charge in [-0.2, -0.15) is 0 Å². The van der Waals surface area contributed by atoms with E-state index in [9.17, 15) is 4.79 Å². The molecule has 0 bridgehead atoms. The minimum absolute atomic E-state index is 0.112. The first-order valence-corrected chi connectivity index (χ1v) is 7.09. The predicted octanol–water partition coefficient (Wildman–Crippen LogP) is 2.09. The fourth-order valence-corrected chi connectivity index (χ4v) is 2.72. The van der Waals surface area contributed by atoms with Crippen molar-refractivity contribution in [2.24, 2.45) is 0 Å². The number of hydrogen-bond acceptors (Lipinski definition) is 3. The molecule has 19 heavy (non-hydrogen) atoms. The Morgan fingerprint density at radius 2 is 2.00 bits per heavy atom. The summed E-state index contributed by atoms with van der Waals surface area (Å²) >= 11 is 5.30. The van der Waals surface area contributed by atoms with E-state index in [2.05, 4.69) is 18.8 Å². The van der Waals surface area contributed by atoms with E-state index >= 15 is 0 Å².